The number of aliphatic imine (C=N–C) groups is 1. The van der Waals surface area contributed by atoms with Gasteiger partial charge in [0.2, 0.25) is 0 Å². The Labute approximate surface area is 185 Å². The fourth-order valence-electron chi connectivity index (χ4n) is 2.29. The zero-order valence-corrected chi connectivity index (χ0v) is 19.2. The summed E-state index contributed by atoms with van der Waals surface area (Å²) in [5.74, 6) is 2.21. The van der Waals surface area contributed by atoms with E-state index in [-0.39, 0.29) is 24.0 Å². The first kappa shape index (κ1) is 22.2. The van der Waals surface area contributed by atoms with Gasteiger partial charge in [0.05, 0.1) is 12.2 Å². The van der Waals surface area contributed by atoms with E-state index in [9.17, 15) is 0 Å². The smallest absolute Gasteiger partial charge is 0.276 e. The lowest BCUT2D eigenvalue weighted by Crippen LogP contribution is -2.37. The van der Waals surface area contributed by atoms with Crippen LogP contribution in [0.2, 0.25) is 0 Å². The summed E-state index contributed by atoms with van der Waals surface area (Å²) >= 11 is 1.66. The molecule has 3 aromatic rings. The Hall–Kier alpha value is -2.08. The molecule has 0 saturated carbocycles. The van der Waals surface area contributed by atoms with Crippen molar-refractivity contribution in [1.82, 2.24) is 30.7 Å². The lowest BCUT2D eigenvalue weighted by atomic mass is 10.2. The lowest BCUT2D eigenvalue weighted by molar-refractivity contribution is 0.421. The first-order valence-corrected chi connectivity index (χ1v) is 9.66. The second kappa shape index (κ2) is 11.1. The van der Waals surface area contributed by atoms with Crippen molar-refractivity contribution >= 4 is 41.3 Å². The number of thiazole rings is 1. The van der Waals surface area contributed by atoms with Crippen LogP contribution in [0.3, 0.4) is 0 Å². The molecule has 0 aromatic carbocycles. The molecule has 0 aliphatic carbocycles. The van der Waals surface area contributed by atoms with Crippen molar-refractivity contribution < 1.29 is 4.52 Å². The molecule has 0 spiro atoms. The average Bonchev–Trinajstić information content (AvgIpc) is 3.35. The van der Waals surface area contributed by atoms with E-state index in [1.165, 1.54) is 0 Å². The molecule has 3 heterocycles. The van der Waals surface area contributed by atoms with Crippen LogP contribution in [-0.4, -0.2) is 39.7 Å². The molecule has 0 atom stereocenters. The third-order valence-corrected chi connectivity index (χ3v) is 4.65. The number of hydrogen-bond donors (Lipinski definition) is 2. The van der Waals surface area contributed by atoms with E-state index in [1.54, 1.807) is 24.6 Å². The zero-order valence-electron chi connectivity index (χ0n) is 16.0. The van der Waals surface area contributed by atoms with E-state index in [0.29, 0.717) is 48.8 Å². The van der Waals surface area contributed by atoms with E-state index in [0.717, 1.165) is 10.7 Å². The van der Waals surface area contributed by atoms with Gasteiger partial charge in [-0.2, -0.15) is 4.98 Å². The van der Waals surface area contributed by atoms with Gasteiger partial charge in [-0.05, 0) is 18.1 Å². The molecule has 0 fully saturated rings. The van der Waals surface area contributed by atoms with Crippen LogP contribution in [0.25, 0.3) is 11.6 Å². The third-order valence-electron chi connectivity index (χ3n) is 3.78. The molecule has 10 heteroatoms. The van der Waals surface area contributed by atoms with Crippen LogP contribution >= 0.6 is 35.3 Å². The van der Waals surface area contributed by atoms with Crippen molar-refractivity contribution in [3.63, 3.8) is 0 Å². The monoisotopic (exact) mass is 513 g/mol. The van der Waals surface area contributed by atoms with Gasteiger partial charge in [-0.15, -0.1) is 35.3 Å². The lowest BCUT2D eigenvalue weighted by Gasteiger charge is -2.09. The summed E-state index contributed by atoms with van der Waals surface area (Å²) in [4.78, 5) is 17.4. The quantitative estimate of drug-likeness (QED) is 0.284. The molecule has 0 aliphatic heterocycles. The number of nitrogens with zero attached hydrogens (tertiary/aromatic N) is 5. The highest BCUT2D eigenvalue weighted by atomic mass is 127. The van der Waals surface area contributed by atoms with Crippen LogP contribution < -0.4 is 10.6 Å². The van der Waals surface area contributed by atoms with Crippen molar-refractivity contribution in [2.75, 3.05) is 13.6 Å². The topological polar surface area (TPSA) is 101 Å². The summed E-state index contributed by atoms with van der Waals surface area (Å²) in [5, 5.41) is 13.7. The van der Waals surface area contributed by atoms with Gasteiger partial charge in [-0.3, -0.25) is 9.98 Å². The van der Waals surface area contributed by atoms with Gasteiger partial charge in [0.15, 0.2) is 11.8 Å². The maximum Gasteiger partial charge on any atom is 0.276 e. The standard InChI is InChI=1S/C18H23N7OS.HI/c1-12(2)14-11-27-16(23-14)10-22-18(19-3)21-9-7-15-24-17(26-25-15)13-6-4-5-8-20-13;/h4-6,8,11-12H,7,9-10H2,1-3H3,(H2,19,21,22);1H. The predicted molar refractivity (Wildman–Crippen MR) is 121 cm³/mol. The first-order chi connectivity index (χ1) is 13.2. The highest BCUT2D eigenvalue weighted by Gasteiger charge is 2.10. The van der Waals surface area contributed by atoms with Crippen molar-refractivity contribution in [2.24, 2.45) is 4.99 Å². The molecule has 2 N–H and O–H groups in total. The molecule has 0 aliphatic rings. The first-order valence-electron chi connectivity index (χ1n) is 8.78. The van der Waals surface area contributed by atoms with Gasteiger partial charge in [-0.25, -0.2) is 4.98 Å². The summed E-state index contributed by atoms with van der Waals surface area (Å²) < 4.78 is 5.26. The molecule has 0 amide bonds. The minimum absolute atomic E-state index is 0. The number of hydrogen-bond acceptors (Lipinski definition) is 7. The van der Waals surface area contributed by atoms with E-state index in [4.69, 9.17) is 4.52 Å². The molecule has 0 saturated heterocycles. The van der Waals surface area contributed by atoms with Crippen molar-refractivity contribution in [3.05, 3.63) is 46.3 Å². The Morgan fingerprint density at radius 3 is 2.79 bits per heavy atom. The van der Waals surface area contributed by atoms with E-state index in [2.05, 4.69) is 55.0 Å². The second-order valence-electron chi connectivity index (χ2n) is 6.15. The maximum absolute atomic E-state index is 5.26. The van der Waals surface area contributed by atoms with Gasteiger partial charge in [0, 0.05) is 31.6 Å². The van der Waals surface area contributed by atoms with Crippen LogP contribution in [0.5, 0.6) is 0 Å². The molecule has 150 valence electrons. The largest absolute Gasteiger partial charge is 0.356 e. The molecule has 8 nitrogen and oxygen atoms in total. The van der Waals surface area contributed by atoms with Gasteiger partial charge < -0.3 is 15.2 Å². The zero-order chi connectivity index (χ0) is 19.1. The maximum atomic E-state index is 5.26. The second-order valence-corrected chi connectivity index (χ2v) is 7.10. The van der Waals surface area contributed by atoms with Gasteiger partial charge in [-0.1, -0.05) is 25.1 Å². The summed E-state index contributed by atoms with van der Waals surface area (Å²) in [6, 6.07) is 5.57. The third kappa shape index (κ3) is 6.23. The Kier molecular flexibility index (Phi) is 8.77. The molecule has 0 unspecified atom stereocenters. The molecule has 3 rings (SSSR count). The minimum Gasteiger partial charge on any atom is -0.356 e. The number of guanidine groups is 1. The molecular formula is C18H24IN7OS. The van der Waals surface area contributed by atoms with Gasteiger partial charge >= 0.3 is 0 Å². The van der Waals surface area contributed by atoms with Crippen LogP contribution in [-0.2, 0) is 13.0 Å². The Balaban J connectivity index is 0.00000280. The van der Waals surface area contributed by atoms with Crippen molar-refractivity contribution in [1.29, 1.82) is 0 Å². The predicted octanol–water partition coefficient (Wildman–Crippen LogP) is 3.24. The van der Waals surface area contributed by atoms with Crippen LogP contribution in [0, 0.1) is 0 Å². The summed E-state index contributed by atoms with van der Waals surface area (Å²) in [5.41, 5.74) is 1.80. The molecule has 0 bridgehead atoms. The number of rotatable bonds is 7. The SMILES string of the molecule is CN=C(NCCc1noc(-c2ccccn2)n1)NCc1nc(C(C)C)cs1.I. The Morgan fingerprint density at radius 2 is 2.11 bits per heavy atom. The normalized spacial score (nSPS) is 11.4. The number of halogens is 1. The molecule has 28 heavy (non-hydrogen) atoms. The minimum atomic E-state index is 0. The molecular weight excluding hydrogens is 489 g/mol. The Bertz CT molecular complexity index is 879. The summed E-state index contributed by atoms with van der Waals surface area (Å²) in [6.07, 6.45) is 2.31. The fraction of sp³-hybridized carbons (Fsp3) is 0.389. The molecule has 3 aromatic heterocycles. The highest BCUT2D eigenvalue weighted by molar-refractivity contribution is 14.0. The van der Waals surface area contributed by atoms with Gasteiger partial charge in [0.25, 0.3) is 5.89 Å². The fourth-order valence-corrected chi connectivity index (χ4v) is 3.19. The van der Waals surface area contributed by atoms with E-state index in [1.807, 2.05) is 18.2 Å². The van der Waals surface area contributed by atoms with Crippen LogP contribution in [0.4, 0.5) is 0 Å². The van der Waals surface area contributed by atoms with E-state index < -0.39 is 0 Å². The van der Waals surface area contributed by atoms with Gasteiger partial charge in [0.1, 0.15) is 10.7 Å². The molecule has 0 radical (unpaired) electrons. The van der Waals surface area contributed by atoms with E-state index >= 15 is 0 Å². The number of pyridine rings is 1. The highest BCUT2D eigenvalue weighted by Crippen LogP contribution is 2.17. The average molecular weight is 513 g/mol. The van der Waals surface area contributed by atoms with Crippen LogP contribution in [0.1, 0.15) is 36.3 Å². The van der Waals surface area contributed by atoms with Crippen molar-refractivity contribution in [3.8, 4) is 11.6 Å². The Morgan fingerprint density at radius 1 is 1.25 bits per heavy atom. The number of nitrogens with one attached hydrogen (secondary N) is 2. The van der Waals surface area contributed by atoms with Crippen LogP contribution in [0.15, 0.2) is 39.3 Å². The van der Waals surface area contributed by atoms with Crippen molar-refractivity contribution in [2.45, 2.75) is 32.7 Å². The summed E-state index contributed by atoms with van der Waals surface area (Å²) in [6.45, 7) is 5.56. The summed E-state index contributed by atoms with van der Waals surface area (Å²) in [7, 11) is 1.74. The number of aromatic nitrogens is 4.